The third-order valence-electron chi connectivity index (χ3n) is 9.60. The minimum atomic E-state index is 0.0282. The van der Waals surface area contributed by atoms with Gasteiger partial charge < -0.3 is 0 Å². The second kappa shape index (κ2) is 8.05. The molecule has 0 nitrogen and oxygen atoms in total. The standard InChI is InChI=1S/C41H28/c1-41(2)37-13-6-5-11-35(37)40-31-20-18-27(22-28(31)19-21-38(40)41)25-14-16-26(17-15-25)30-23-29-8-7-12-34-32-9-3-4-10-33(32)36(24-30)39(29)34/h3-24H,1-2H3. The molecule has 41 heavy (non-hydrogen) atoms. The Morgan fingerprint density at radius 2 is 1.02 bits per heavy atom. The molecule has 0 heterocycles. The van der Waals surface area contributed by atoms with Crippen LogP contribution in [-0.4, -0.2) is 0 Å². The van der Waals surface area contributed by atoms with E-state index in [1.165, 1.54) is 88.3 Å². The smallest absolute Gasteiger partial charge is 0.0159 e. The maximum absolute atomic E-state index is 2.38. The summed E-state index contributed by atoms with van der Waals surface area (Å²) in [6.45, 7) is 4.69. The maximum Gasteiger partial charge on any atom is 0.0159 e. The van der Waals surface area contributed by atoms with Gasteiger partial charge in [0.15, 0.2) is 0 Å². The lowest BCUT2D eigenvalue weighted by atomic mass is 9.82. The van der Waals surface area contributed by atoms with Crippen molar-refractivity contribution in [2.24, 2.45) is 0 Å². The molecule has 7 aromatic carbocycles. The lowest BCUT2D eigenvalue weighted by Gasteiger charge is -2.21. The molecule has 0 spiro atoms. The second-order valence-corrected chi connectivity index (χ2v) is 12.1. The van der Waals surface area contributed by atoms with E-state index in [1.807, 2.05) is 0 Å². The van der Waals surface area contributed by atoms with Gasteiger partial charge in [-0.15, -0.1) is 0 Å². The minimum Gasteiger partial charge on any atom is -0.0619 e. The molecule has 0 fully saturated rings. The Kier molecular flexibility index (Phi) is 4.49. The van der Waals surface area contributed by atoms with Crippen molar-refractivity contribution in [3.05, 3.63) is 145 Å². The van der Waals surface area contributed by atoms with Gasteiger partial charge in [-0.2, -0.15) is 0 Å². The first-order chi connectivity index (χ1) is 20.1. The molecule has 2 aliphatic rings. The fourth-order valence-electron chi connectivity index (χ4n) is 7.55. The van der Waals surface area contributed by atoms with Crippen LogP contribution >= 0.6 is 0 Å². The molecule has 192 valence electrons. The van der Waals surface area contributed by atoms with Crippen molar-refractivity contribution in [2.75, 3.05) is 0 Å². The van der Waals surface area contributed by atoms with Gasteiger partial charge >= 0.3 is 0 Å². The summed E-state index contributed by atoms with van der Waals surface area (Å²) in [7, 11) is 0. The van der Waals surface area contributed by atoms with Crippen LogP contribution in [0.25, 0.3) is 77.2 Å². The van der Waals surface area contributed by atoms with Crippen LogP contribution in [0.2, 0.25) is 0 Å². The molecule has 2 aliphatic carbocycles. The van der Waals surface area contributed by atoms with Crippen molar-refractivity contribution in [3.63, 3.8) is 0 Å². The molecule has 0 aromatic heterocycles. The predicted molar refractivity (Wildman–Crippen MR) is 174 cm³/mol. The van der Waals surface area contributed by atoms with Crippen LogP contribution in [0, 0.1) is 0 Å². The van der Waals surface area contributed by atoms with Crippen molar-refractivity contribution in [1.29, 1.82) is 0 Å². The average molecular weight is 521 g/mol. The Morgan fingerprint density at radius 1 is 0.390 bits per heavy atom. The van der Waals surface area contributed by atoms with Crippen molar-refractivity contribution >= 4 is 21.5 Å². The molecule has 0 aliphatic heterocycles. The summed E-state index contributed by atoms with van der Waals surface area (Å²) >= 11 is 0. The largest absolute Gasteiger partial charge is 0.0619 e. The zero-order valence-corrected chi connectivity index (χ0v) is 23.2. The van der Waals surface area contributed by atoms with Crippen molar-refractivity contribution in [3.8, 4) is 55.6 Å². The summed E-state index contributed by atoms with van der Waals surface area (Å²) in [4.78, 5) is 0. The monoisotopic (exact) mass is 520 g/mol. The molecule has 0 heteroatoms. The van der Waals surface area contributed by atoms with Gasteiger partial charge in [-0.3, -0.25) is 0 Å². The van der Waals surface area contributed by atoms with E-state index in [1.54, 1.807) is 0 Å². The summed E-state index contributed by atoms with van der Waals surface area (Å²) in [5.41, 5.74) is 16.1. The molecule has 0 atom stereocenters. The van der Waals surface area contributed by atoms with E-state index < -0.39 is 0 Å². The van der Waals surface area contributed by atoms with Crippen LogP contribution in [-0.2, 0) is 5.41 Å². The highest BCUT2D eigenvalue weighted by molar-refractivity contribution is 6.16. The number of rotatable bonds is 2. The fourth-order valence-corrected chi connectivity index (χ4v) is 7.55. The third kappa shape index (κ3) is 3.11. The molecule has 0 saturated carbocycles. The zero-order chi connectivity index (χ0) is 27.3. The SMILES string of the molecule is CC1(C)c2ccccc2-c2c1ccc1cc(-c3ccc(-c4cc5c6c(cccc6c4)-c4ccccc4-5)cc3)ccc21. The molecule has 0 bridgehead atoms. The van der Waals surface area contributed by atoms with Gasteiger partial charge in [0, 0.05) is 5.41 Å². The van der Waals surface area contributed by atoms with Crippen molar-refractivity contribution < 1.29 is 0 Å². The van der Waals surface area contributed by atoms with Crippen LogP contribution in [0.15, 0.2) is 133 Å². The van der Waals surface area contributed by atoms with Crippen molar-refractivity contribution in [2.45, 2.75) is 19.3 Å². The van der Waals surface area contributed by atoms with E-state index in [9.17, 15) is 0 Å². The van der Waals surface area contributed by atoms with Crippen LogP contribution < -0.4 is 0 Å². The van der Waals surface area contributed by atoms with E-state index in [0.717, 1.165) is 0 Å². The molecule has 0 saturated heterocycles. The van der Waals surface area contributed by atoms with Gasteiger partial charge in [0.05, 0.1) is 0 Å². The first-order valence-electron chi connectivity index (χ1n) is 14.5. The topological polar surface area (TPSA) is 0 Å². The first-order valence-corrected chi connectivity index (χ1v) is 14.5. The summed E-state index contributed by atoms with van der Waals surface area (Å²) in [6.07, 6.45) is 0. The molecule has 7 aromatic rings. The average Bonchev–Trinajstić information content (AvgIpc) is 3.47. The van der Waals surface area contributed by atoms with E-state index >= 15 is 0 Å². The summed E-state index contributed by atoms with van der Waals surface area (Å²) in [6, 6.07) is 49.8. The second-order valence-electron chi connectivity index (χ2n) is 12.1. The summed E-state index contributed by atoms with van der Waals surface area (Å²) < 4.78 is 0. The number of hydrogen-bond acceptors (Lipinski definition) is 0. The van der Waals surface area contributed by atoms with Gasteiger partial charge in [0.2, 0.25) is 0 Å². The predicted octanol–water partition coefficient (Wildman–Crippen LogP) is 11.3. The Balaban J connectivity index is 1.12. The number of benzene rings is 7. The molecular weight excluding hydrogens is 492 g/mol. The highest BCUT2D eigenvalue weighted by Gasteiger charge is 2.36. The summed E-state index contributed by atoms with van der Waals surface area (Å²) in [5.74, 6) is 0. The van der Waals surface area contributed by atoms with Gasteiger partial charge in [-0.25, -0.2) is 0 Å². The van der Waals surface area contributed by atoms with E-state index in [4.69, 9.17) is 0 Å². The number of fused-ring (bicyclic) bond motifs is 8. The van der Waals surface area contributed by atoms with Gasteiger partial charge in [-0.05, 0) is 107 Å². The molecule has 9 rings (SSSR count). The minimum absolute atomic E-state index is 0.0282. The third-order valence-corrected chi connectivity index (χ3v) is 9.60. The quantitative estimate of drug-likeness (QED) is 0.213. The lowest BCUT2D eigenvalue weighted by molar-refractivity contribution is 0.661. The fraction of sp³-hybridized carbons (Fsp3) is 0.0732. The Labute approximate surface area is 240 Å². The summed E-state index contributed by atoms with van der Waals surface area (Å²) in [5, 5.41) is 5.32. The normalized spacial score (nSPS) is 13.8. The van der Waals surface area contributed by atoms with Gasteiger partial charge in [0.1, 0.15) is 0 Å². The number of hydrogen-bond donors (Lipinski definition) is 0. The Morgan fingerprint density at radius 3 is 1.83 bits per heavy atom. The van der Waals surface area contributed by atoms with E-state index in [0.29, 0.717) is 0 Å². The molecule has 0 unspecified atom stereocenters. The molecular formula is C41H28. The Bertz CT molecular complexity index is 2210. The van der Waals surface area contributed by atoms with Gasteiger partial charge in [0.25, 0.3) is 0 Å². The zero-order valence-electron chi connectivity index (χ0n) is 23.2. The molecule has 0 N–H and O–H groups in total. The van der Waals surface area contributed by atoms with Crippen LogP contribution in [0.3, 0.4) is 0 Å². The van der Waals surface area contributed by atoms with Gasteiger partial charge in [-0.1, -0.05) is 129 Å². The van der Waals surface area contributed by atoms with Crippen LogP contribution in [0.5, 0.6) is 0 Å². The highest BCUT2D eigenvalue weighted by Crippen LogP contribution is 2.52. The lowest BCUT2D eigenvalue weighted by Crippen LogP contribution is -2.14. The molecule has 0 radical (unpaired) electrons. The first kappa shape index (κ1) is 22.8. The Hall–Kier alpha value is -4.94. The van der Waals surface area contributed by atoms with E-state index in [-0.39, 0.29) is 5.41 Å². The maximum atomic E-state index is 2.38. The van der Waals surface area contributed by atoms with Crippen LogP contribution in [0.1, 0.15) is 25.0 Å². The van der Waals surface area contributed by atoms with E-state index in [2.05, 4.69) is 147 Å². The highest BCUT2D eigenvalue weighted by atomic mass is 14.4. The van der Waals surface area contributed by atoms with Crippen molar-refractivity contribution in [1.82, 2.24) is 0 Å². The molecule has 0 amide bonds. The van der Waals surface area contributed by atoms with Crippen LogP contribution in [0.4, 0.5) is 0 Å².